The molecule has 1 heterocycles. The lowest BCUT2D eigenvalue weighted by molar-refractivity contribution is -0.287. The molecule has 1 aromatic rings. The van der Waals surface area contributed by atoms with Crippen LogP contribution in [-0.4, -0.2) is 18.0 Å². The quantitative estimate of drug-likeness (QED) is 0.877. The van der Waals surface area contributed by atoms with E-state index in [1.165, 1.54) is 6.07 Å². The van der Waals surface area contributed by atoms with Gasteiger partial charge in [-0.3, -0.25) is 0 Å². The first-order valence-corrected chi connectivity index (χ1v) is 4.78. The molecule has 0 radical (unpaired) electrons. The van der Waals surface area contributed by atoms with E-state index in [1.54, 1.807) is 12.1 Å². The Morgan fingerprint density at radius 3 is 2.71 bits per heavy atom. The van der Waals surface area contributed by atoms with Gasteiger partial charge in [0.05, 0.1) is 0 Å². The van der Waals surface area contributed by atoms with Gasteiger partial charge in [-0.05, 0) is 12.5 Å². The van der Waals surface area contributed by atoms with Crippen molar-refractivity contribution in [3.05, 3.63) is 23.8 Å². The fraction of sp³-hybridized carbons (Fsp3) is 0.400. The highest BCUT2D eigenvalue weighted by Gasteiger charge is 2.44. The molecule has 4 nitrogen and oxygen atoms in total. The van der Waals surface area contributed by atoms with E-state index in [0.29, 0.717) is 5.56 Å². The normalized spacial score (nSPS) is 17.4. The van der Waals surface area contributed by atoms with Crippen molar-refractivity contribution in [3.8, 4) is 11.5 Å². The molecule has 3 N–H and O–H groups in total. The Bertz CT molecular complexity index is 403. The molecule has 1 atom stereocenters. The van der Waals surface area contributed by atoms with Crippen molar-refractivity contribution in [1.82, 2.24) is 0 Å². The average molecular weight is 268 g/mol. The topological polar surface area (TPSA) is 64.7 Å². The smallest absolute Gasteiger partial charge is 0.396 e. The molecule has 1 aromatic carbocycles. The van der Waals surface area contributed by atoms with Gasteiger partial charge >= 0.3 is 6.29 Å². The number of benzene rings is 1. The fourth-order valence-electron chi connectivity index (χ4n) is 1.58. The summed E-state index contributed by atoms with van der Waals surface area (Å²) in [5, 5.41) is 8.75. The van der Waals surface area contributed by atoms with Crippen LogP contribution < -0.4 is 15.2 Å². The Morgan fingerprint density at radius 1 is 1.35 bits per heavy atom. The zero-order valence-corrected chi connectivity index (χ0v) is 9.55. The lowest BCUT2D eigenvalue weighted by Crippen LogP contribution is -2.26. The molecule has 0 aliphatic carbocycles. The van der Waals surface area contributed by atoms with Gasteiger partial charge in [-0.2, -0.15) is 0 Å². The van der Waals surface area contributed by atoms with Gasteiger partial charge in [-0.15, -0.1) is 21.2 Å². The van der Waals surface area contributed by atoms with E-state index < -0.39 is 12.3 Å². The number of para-hydroxylation sites is 1. The third-order valence-electron chi connectivity index (χ3n) is 2.30. The van der Waals surface area contributed by atoms with E-state index in [2.05, 4.69) is 9.47 Å². The van der Waals surface area contributed by atoms with Gasteiger partial charge in [0.2, 0.25) is 0 Å². The molecule has 7 heteroatoms. The van der Waals surface area contributed by atoms with E-state index in [-0.39, 0.29) is 36.9 Å². The lowest BCUT2D eigenvalue weighted by Gasteiger charge is -2.12. The highest BCUT2D eigenvalue weighted by molar-refractivity contribution is 5.85. The van der Waals surface area contributed by atoms with Crippen LogP contribution in [-0.2, 0) is 0 Å². The van der Waals surface area contributed by atoms with Crippen LogP contribution in [0.25, 0.3) is 0 Å². The molecule has 0 spiro atoms. The van der Waals surface area contributed by atoms with Gasteiger partial charge in [0.1, 0.15) is 0 Å². The first kappa shape index (κ1) is 14.0. The number of rotatable bonds is 3. The number of alkyl halides is 2. The fourth-order valence-corrected chi connectivity index (χ4v) is 1.58. The predicted molar refractivity (Wildman–Crippen MR) is 58.5 cm³/mol. The number of hydrogen-bond donors (Lipinski definition) is 2. The summed E-state index contributed by atoms with van der Waals surface area (Å²) < 4.78 is 34.3. The van der Waals surface area contributed by atoms with Crippen molar-refractivity contribution >= 4 is 12.4 Å². The van der Waals surface area contributed by atoms with Crippen LogP contribution in [0.1, 0.15) is 18.0 Å². The summed E-state index contributed by atoms with van der Waals surface area (Å²) in [6.07, 6.45) is -3.37. The summed E-state index contributed by atoms with van der Waals surface area (Å²) in [6, 6.07) is 3.95. The van der Waals surface area contributed by atoms with Crippen LogP contribution in [0.4, 0.5) is 8.78 Å². The van der Waals surface area contributed by atoms with Crippen LogP contribution in [0.15, 0.2) is 18.2 Å². The number of halogens is 3. The minimum Gasteiger partial charge on any atom is -0.396 e. The van der Waals surface area contributed by atoms with Crippen LogP contribution in [0, 0.1) is 0 Å². The molecule has 1 aliphatic heterocycles. The molecule has 96 valence electrons. The summed E-state index contributed by atoms with van der Waals surface area (Å²) in [6.45, 7) is -0.123. The Kier molecular flexibility index (Phi) is 4.13. The second-order valence-corrected chi connectivity index (χ2v) is 3.46. The molecular weight excluding hydrogens is 256 g/mol. The van der Waals surface area contributed by atoms with E-state index >= 15 is 0 Å². The molecule has 0 saturated heterocycles. The molecule has 0 bridgehead atoms. The highest BCUT2D eigenvalue weighted by Crippen LogP contribution is 2.44. The Morgan fingerprint density at radius 2 is 2.06 bits per heavy atom. The Labute approximate surface area is 103 Å². The van der Waals surface area contributed by atoms with Crippen molar-refractivity contribution < 1.29 is 23.4 Å². The summed E-state index contributed by atoms with van der Waals surface area (Å²) in [4.78, 5) is 0. The molecule has 1 unspecified atom stereocenters. The molecule has 0 amide bonds. The number of nitrogens with two attached hydrogens (primary N) is 1. The molecule has 0 aromatic heterocycles. The summed E-state index contributed by atoms with van der Waals surface area (Å²) in [7, 11) is 0. The molecular formula is C10H12ClF2NO3. The number of aliphatic hydroxyl groups is 1. The summed E-state index contributed by atoms with van der Waals surface area (Å²) in [5.74, 6) is -0.0793. The van der Waals surface area contributed by atoms with E-state index in [9.17, 15) is 8.78 Å². The van der Waals surface area contributed by atoms with Gasteiger partial charge in [0.15, 0.2) is 11.5 Å². The van der Waals surface area contributed by atoms with Crippen LogP contribution >= 0.6 is 12.4 Å². The maximum absolute atomic E-state index is 12.8. The number of fused-ring (bicyclic) bond motifs is 1. The van der Waals surface area contributed by atoms with Crippen molar-refractivity contribution in [1.29, 1.82) is 0 Å². The predicted octanol–water partition coefficient (Wildman–Crippen LogP) is 1.81. The van der Waals surface area contributed by atoms with Gasteiger partial charge in [-0.25, -0.2) is 0 Å². The van der Waals surface area contributed by atoms with Crippen molar-refractivity contribution in [3.63, 3.8) is 0 Å². The van der Waals surface area contributed by atoms with Crippen molar-refractivity contribution in [2.75, 3.05) is 6.61 Å². The third kappa shape index (κ3) is 2.77. The number of aliphatic hydroxyl groups excluding tert-OH is 1. The Hall–Kier alpha value is -1.11. The summed E-state index contributed by atoms with van der Waals surface area (Å²) >= 11 is 0. The first-order chi connectivity index (χ1) is 7.53. The average Bonchev–Trinajstić information content (AvgIpc) is 2.51. The third-order valence-corrected chi connectivity index (χ3v) is 2.30. The largest absolute Gasteiger partial charge is 0.586 e. The first-order valence-electron chi connectivity index (χ1n) is 4.78. The van der Waals surface area contributed by atoms with Gasteiger partial charge in [0, 0.05) is 18.2 Å². The van der Waals surface area contributed by atoms with Gasteiger partial charge in [-0.1, -0.05) is 12.1 Å². The van der Waals surface area contributed by atoms with Crippen LogP contribution in [0.5, 0.6) is 11.5 Å². The minimum absolute atomic E-state index is 0. The van der Waals surface area contributed by atoms with E-state index in [4.69, 9.17) is 10.8 Å². The van der Waals surface area contributed by atoms with Gasteiger partial charge < -0.3 is 20.3 Å². The minimum atomic E-state index is -3.64. The van der Waals surface area contributed by atoms with Crippen LogP contribution in [0.3, 0.4) is 0 Å². The lowest BCUT2D eigenvalue weighted by atomic mass is 10.0. The molecule has 1 aliphatic rings. The molecule has 2 rings (SSSR count). The van der Waals surface area contributed by atoms with Gasteiger partial charge in [0.25, 0.3) is 0 Å². The molecule has 0 fully saturated rings. The molecule has 0 saturated carbocycles. The monoisotopic (exact) mass is 267 g/mol. The second-order valence-electron chi connectivity index (χ2n) is 3.46. The second kappa shape index (κ2) is 5.03. The highest BCUT2D eigenvalue weighted by atomic mass is 35.5. The maximum atomic E-state index is 12.8. The molecule has 17 heavy (non-hydrogen) atoms. The summed E-state index contributed by atoms with van der Waals surface area (Å²) in [5.41, 5.74) is 6.13. The zero-order valence-electron chi connectivity index (χ0n) is 8.73. The number of hydrogen-bond acceptors (Lipinski definition) is 4. The Balaban J connectivity index is 0.00000144. The van der Waals surface area contributed by atoms with Crippen molar-refractivity contribution in [2.24, 2.45) is 5.73 Å². The number of ether oxygens (including phenoxy) is 2. The van der Waals surface area contributed by atoms with Crippen LogP contribution in [0.2, 0.25) is 0 Å². The maximum Gasteiger partial charge on any atom is 0.586 e. The SMILES string of the molecule is Cl.NC(CCO)c1cccc2c1OC(F)(F)O2. The zero-order chi connectivity index (χ0) is 11.8. The van der Waals surface area contributed by atoms with Crippen molar-refractivity contribution in [2.45, 2.75) is 18.8 Å². The standard InChI is InChI=1S/C10H11F2NO3.ClH/c11-10(12)15-8-3-1-2-6(9(8)16-10)7(13)4-5-14;/h1-3,7,14H,4-5,13H2;1H. The van der Waals surface area contributed by atoms with E-state index in [0.717, 1.165) is 0 Å². The van der Waals surface area contributed by atoms with E-state index in [1.807, 2.05) is 0 Å².